The van der Waals surface area contributed by atoms with Crippen LogP contribution in [0.15, 0.2) is 30.3 Å². The number of benzene rings is 1. The first-order valence-electron chi connectivity index (χ1n) is 7.32. The number of hydrogen-bond acceptors (Lipinski definition) is 3. The van der Waals surface area contributed by atoms with Crippen LogP contribution in [0.25, 0.3) is 0 Å². The molecule has 2 rings (SSSR count). The van der Waals surface area contributed by atoms with Crippen molar-refractivity contribution >= 4 is 5.97 Å². The summed E-state index contributed by atoms with van der Waals surface area (Å²) < 4.78 is 5.25. The summed E-state index contributed by atoms with van der Waals surface area (Å²) in [6.07, 6.45) is 1.04. The zero-order chi connectivity index (χ0) is 14.4. The van der Waals surface area contributed by atoms with Gasteiger partial charge in [-0.05, 0) is 37.8 Å². The summed E-state index contributed by atoms with van der Waals surface area (Å²) in [4.78, 5) is 13.4. The first kappa shape index (κ1) is 15.0. The Morgan fingerprint density at radius 3 is 2.85 bits per heavy atom. The van der Waals surface area contributed by atoms with Crippen molar-refractivity contribution in [3.8, 4) is 0 Å². The molecule has 1 fully saturated rings. The molecule has 1 N–H and O–H groups in total. The fourth-order valence-corrected chi connectivity index (χ4v) is 2.81. The van der Waals surface area contributed by atoms with E-state index >= 15 is 0 Å². The molecule has 1 aliphatic heterocycles. The van der Waals surface area contributed by atoms with Crippen LogP contribution in [-0.4, -0.2) is 48.3 Å². The van der Waals surface area contributed by atoms with Crippen molar-refractivity contribution in [2.75, 3.05) is 26.2 Å². The second-order valence-electron chi connectivity index (χ2n) is 5.27. The van der Waals surface area contributed by atoms with Crippen LogP contribution in [0.5, 0.6) is 0 Å². The third-order valence-electron chi connectivity index (χ3n) is 3.89. The summed E-state index contributed by atoms with van der Waals surface area (Å²) in [5.41, 5.74) is 1.38. The van der Waals surface area contributed by atoms with Crippen LogP contribution in [-0.2, 0) is 9.53 Å². The molecule has 1 aliphatic rings. The lowest BCUT2D eigenvalue weighted by Gasteiger charge is -2.19. The number of carboxylic acids is 1. The largest absolute Gasteiger partial charge is 0.479 e. The molecule has 0 amide bonds. The molecule has 0 saturated carbocycles. The highest BCUT2D eigenvalue weighted by molar-refractivity contribution is 5.72. The molecule has 0 aromatic heterocycles. The van der Waals surface area contributed by atoms with E-state index in [0.717, 1.165) is 26.1 Å². The molecule has 0 spiro atoms. The smallest absolute Gasteiger partial charge is 0.332 e. The summed E-state index contributed by atoms with van der Waals surface area (Å²) in [7, 11) is 0. The van der Waals surface area contributed by atoms with E-state index in [-0.39, 0.29) is 0 Å². The Morgan fingerprint density at radius 1 is 1.45 bits per heavy atom. The molecule has 1 aromatic carbocycles. The van der Waals surface area contributed by atoms with Gasteiger partial charge < -0.3 is 14.7 Å². The monoisotopic (exact) mass is 277 g/mol. The van der Waals surface area contributed by atoms with E-state index in [1.165, 1.54) is 5.56 Å². The number of ether oxygens (including phenoxy) is 1. The van der Waals surface area contributed by atoms with Crippen LogP contribution in [0, 0.1) is 0 Å². The van der Waals surface area contributed by atoms with Crippen molar-refractivity contribution in [1.82, 2.24) is 4.90 Å². The molecule has 0 radical (unpaired) electrons. The maximum absolute atomic E-state index is 11.0. The van der Waals surface area contributed by atoms with E-state index in [4.69, 9.17) is 9.84 Å². The molecule has 0 aliphatic carbocycles. The number of carboxylic acid groups (broad SMARTS) is 1. The Bertz CT molecular complexity index is 421. The molecule has 110 valence electrons. The van der Waals surface area contributed by atoms with E-state index in [2.05, 4.69) is 29.2 Å². The summed E-state index contributed by atoms with van der Waals surface area (Å²) in [6, 6.07) is 10.5. The van der Waals surface area contributed by atoms with Gasteiger partial charge in [-0.15, -0.1) is 0 Å². The molecule has 20 heavy (non-hydrogen) atoms. The number of likely N-dealkylation sites (tertiary alicyclic amines) is 1. The highest BCUT2D eigenvalue weighted by Crippen LogP contribution is 2.27. The predicted octanol–water partition coefficient (Wildman–Crippen LogP) is 2.36. The van der Waals surface area contributed by atoms with E-state index in [9.17, 15) is 4.79 Å². The SMILES string of the molecule is CCOC(CCN1CCC(c2ccccc2)C1)C(=O)O. The van der Waals surface area contributed by atoms with Crippen LogP contribution in [0.2, 0.25) is 0 Å². The third kappa shape index (κ3) is 4.05. The first-order valence-corrected chi connectivity index (χ1v) is 7.32. The molecule has 0 bridgehead atoms. The van der Waals surface area contributed by atoms with Crippen molar-refractivity contribution in [3.63, 3.8) is 0 Å². The number of hydrogen-bond donors (Lipinski definition) is 1. The van der Waals surface area contributed by atoms with Gasteiger partial charge in [0, 0.05) is 19.7 Å². The molecular formula is C16H23NO3. The van der Waals surface area contributed by atoms with Crippen LogP contribution >= 0.6 is 0 Å². The Kier molecular flexibility index (Phi) is 5.56. The predicted molar refractivity (Wildman–Crippen MR) is 77.9 cm³/mol. The molecular weight excluding hydrogens is 254 g/mol. The molecule has 1 saturated heterocycles. The van der Waals surface area contributed by atoms with Gasteiger partial charge in [0.25, 0.3) is 0 Å². The van der Waals surface area contributed by atoms with Gasteiger partial charge >= 0.3 is 5.97 Å². The van der Waals surface area contributed by atoms with Crippen molar-refractivity contribution in [2.24, 2.45) is 0 Å². The van der Waals surface area contributed by atoms with Gasteiger partial charge in [-0.2, -0.15) is 0 Å². The molecule has 1 heterocycles. The van der Waals surface area contributed by atoms with Crippen LogP contribution < -0.4 is 0 Å². The lowest BCUT2D eigenvalue weighted by Crippen LogP contribution is -2.30. The fourth-order valence-electron chi connectivity index (χ4n) is 2.81. The van der Waals surface area contributed by atoms with Crippen molar-refractivity contribution in [3.05, 3.63) is 35.9 Å². The van der Waals surface area contributed by atoms with Gasteiger partial charge in [0.15, 0.2) is 6.10 Å². The normalized spacial score (nSPS) is 20.9. The zero-order valence-corrected chi connectivity index (χ0v) is 12.0. The molecule has 4 heteroatoms. The first-order chi connectivity index (χ1) is 9.70. The van der Waals surface area contributed by atoms with Crippen LogP contribution in [0.4, 0.5) is 0 Å². The Balaban J connectivity index is 1.80. The van der Waals surface area contributed by atoms with Gasteiger partial charge in [-0.3, -0.25) is 0 Å². The topological polar surface area (TPSA) is 49.8 Å². The molecule has 4 nitrogen and oxygen atoms in total. The second kappa shape index (κ2) is 7.41. The van der Waals surface area contributed by atoms with Crippen molar-refractivity contribution < 1.29 is 14.6 Å². The zero-order valence-electron chi connectivity index (χ0n) is 12.0. The maximum Gasteiger partial charge on any atom is 0.332 e. The minimum atomic E-state index is -0.856. The molecule has 2 atom stereocenters. The summed E-state index contributed by atoms with van der Waals surface area (Å²) >= 11 is 0. The van der Waals surface area contributed by atoms with E-state index in [1.54, 1.807) is 0 Å². The van der Waals surface area contributed by atoms with E-state index in [1.807, 2.05) is 13.0 Å². The Hall–Kier alpha value is -1.39. The average Bonchev–Trinajstić information content (AvgIpc) is 2.93. The maximum atomic E-state index is 11.0. The van der Waals surface area contributed by atoms with Crippen LogP contribution in [0.3, 0.4) is 0 Å². The van der Waals surface area contributed by atoms with Crippen molar-refractivity contribution in [1.29, 1.82) is 0 Å². The van der Waals surface area contributed by atoms with Gasteiger partial charge in [0.1, 0.15) is 0 Å². The lowest BCUT2D eigenvalue weighted by atomic mass is 9.99. The number of nitrogens with zero attached hydrogens (tertiary/aromatic N) is 1. The molecule has 1 aromatic rings. The number of aliphatic carboxylic acids is 1. The highest BCUT2D eigenvalue weighted by atomic mass is 16.5. The quantitative estimate of drug-likeness (QED) is 0.831. The van der Waals surface area contributed by atoms with E-state index in [0.29, 0.717) is 18.9 Å². The van der Waals surface area contributed by atoms with Crippen LogP contribution in [0.1, 0.15) is 31.2 Å². The fraction of sp³-hybridized carbons (Fsp3) is 0.562. The summed E-state index contributed by atoms with van der Waals surface area (Å²) in [6.45, 7) is 5.13. The second-order valence-corrected chi connectivity index (χ2v) is 5.27. The Labute approximate surface area is 120 Å². The van der Waals surface area contributed by atoms with Gasteiger partial charge in [-0.1, -0.05) is 30.3 Å². The lowest BCUT2D eigenvalue weighted by molar-refractivity contribution is -0.150. The van der Waals surface area contributed by atoms with Gasteiger partial charge in [0.2, 0.25) is 0 Å². The summed E-state index contributed by atoms with van der Waals surface area (Å²) in [5.74, 6) is -0.280. The standard InChI is InChI=1S/C16H23NO3/c1-2-20-15(16(18)19)9-11-17-10-8-14(12-17)13-6-4-3-5-7-13/h3-7,14-15H,2,8-12H2,1H3,(H,18,19). The van der Waals surface area contributed by atoms with E-state index < -0.39 is 12.1 Å². The minimum absolute atomic E-state index is 0.448. The average molecular weight is 277 g/mol. The van der Waals surface area contributed by atoms with Gasteiger partial charge in [0.05, 0.1) is 0 Å². The summed E-state index contributed by atoms with van der Waals surface area (Å²) in [5, 5.41) is 9.06. The Morgan fingerprint density at radius 2 is 2.20 bits per heavy atom. The highest BCUT2D eigenvalue weighted by Gasteiger charge is 2.25. The number of rotatable bonds is 7. The third-order valence-corrected chi connectivity index (χ3v) is 3.89. The molecule has 2 unspecified atom stereocenters. The minimum Gasteiger partial charge on any atom is -0.479 e. The van der Waals surface area contributed by atoms with Crippen molar-refractivity contribution in [2.45, 2.75) is 31.8 Å². The number of carbonyl (C=O) groups is 1. The van der Waals surface area contributed by atoms with Gasteiger partial charge in [-0.25, -0.2) is 4.79 Å².